The van der Waals surface area contributed by atoms with E-state index < -0.39 is 0 Å². The van der Waals surface area contributed by atoms with Gasteiger partial charge in [0.2, 0.25) is 0 Å². The molecule has 0 heterocycles. The molecule has 0 aliphatic heterocycles. The fourth-order valence-corrected chi connectivity index (χ4v) is 3.08. The maximum Gasteiger partial charge on any atom is 0.0782 e. The lowest BCUT2D eigenvalue weighted by molar-refractivity contribution is -0.890. The molecular weight excluding hydrogens is 254 g/mol. The van der Waals surface area contributed by atoms with Gasteiger partial charge in [0.25, 0.3) is 0 Å². The van der Waals surface area contributed by atoms with E-state index in [9.17, 15) is 0 Å². The van der Waals surface area contributed by atoms with Gasteiger partial charge in [-0.05, 0) is 19.3 Å². The normalized spacial score (nSPS) is 12.0. The van der Waals surface area contributed by atoms with Gasteiger partial charge in [0.05, 0.1) is 27.2 Å². The van der Waals surface area contributed by atoms with Gasteiger partial charge in [-0.3, -0.25) is 0 Å². The van der Waals surface area contributed by atoms with Crippen LogP contribution in [0.2, 0.25) is 0 Å². The van der Waals surface area contributed by atoms with E-state index in [1.165, 1.54) is 107 Å². The lowest BCUT2D eigenvalue weighted by atomic mass is 10.1. The third kappa shape index (κ3) is 16.2. The van der Waals surface area contributed by atoms with Crippen LogP contribution in [0.1, 0.15) is 104 Å². The Morgan fingerprint density at radius 2 is 0.762 bits per heavy atom. The molecular formula is C20H44N+. The molecule has 0 aromatic carbocycles. The number of nitrogens with zero attached hydrogens (tertiary/aromatic N) is 1. The maximum absolute atomic E-state index is 2.40. The van der Waals surface area contributed by atoms with Crippen molar-refractivity contribution in [3.05, 3.63) is 0 Å². The van der Waals surface area contributed by atoms with E-state index in [2.05, 4.69) is 27.9 Å². The minimum absolute atomic E-state index is 1.23. The number of hydrogen-bond acceptors (Lipinski definition) is 0. The highest BCUT2D eigenvalue weighted by Crippen LogP contribution is 2.13. The topological polar surface area (TPSA) is 0 Å². The van der Waals surface area contributed by atoms with E-state index in [4.69, 9.17) is 0 Å². The molecule has 0 radical (unpaired) electrons. The summed E-state index contributed by atoms with van der Waals surface area (Å²) in [4.78, 5) is 0. The van der Waals surface area contributed by atoms with Crippen molar-refractivity contribution in [2.24, 2.45) is 0 Å². The Morgan fingerprint density at radius 1 is 0.429 bits per heavy atom. The van der Waals surface area contributed by atoms with Crippen LogP contribution < -0.4 is 0 Å². The molecule has 0 atom stereocenters. The second-order valence-electron chi connectivity index (χ2n) is 7.63. The average molecular weight is 299 g/mol. The molecule has 0 rings (SSSR count). The molecule has 0 N–H and O–H groups in total. The molecule has 1 nitrogen and oxygen atoms in total. The van der Waals surface area contributed by atoms with Crippen molar-refractivity contribution in [1.29, 1.82) is 0 Å². The fraction of sp³-hybridized carbons (Fsp3) is 1.00. The minimum atomic E-state index is 1.23. The van der Waals surface area contributed by atoms with Crippen LogP contribution in [0.5, 0.6) is 0 Å². The maximum atomic E-state index is 2.40. The van der Waals surface area contributed by atoms with Crippen molar-refractivity contribution < 1.29 is 4.48 Å². The number of unbranched alkanes of at least 4 members (excludes halogenated alkanes) is 12. The minimum Gasteiger partial charge on any atom is -0.328 e. The Balaban J connectivity index is 3.18. The summed E-state index contributed by atoms with van der Waals surface area (Å²) in [5, 5.41) is 0. The van der Waals surface area contributed by atoms with Crippen molar-refractivity contribution in [3.8, 4) is 0 Å². The number of rotatable bonds is 16. The summed E-state index contributed by atoms with van der Waals surface area (Å²) in [5.74, 6) is 0. The summed E-state index contributed by atoms with van der Waals surface area (Å²) < 4.78 is 1.23. The second-order valence-corrected chi connectivity index (χ2v) is 7.63. The van der Waals surface area contributed by atoms with Crippen LogP contribution in [0.3, 0.4) is 0 Å². The Bertz CT molecular complexity index is 198. The monoisotopic (exact) mass is 298 g/mol. The molecule has 0 bridgehead atoms. The number of quaternary nitrogens is 1. The van der Waals surface area contributed by atoms with Crippen LogP contribution in [0.25, 0.3) is 0 Å². The Labute approximate surface area is 136 Å². The molecule has 0 saturated carbocycles. The zero-order chi connectivity index (χ0) is 15.8. The summed E-state index contributed by atoms with van der Waals surface area (Å²) >= 11 is 0. The molecule has 0 fully saturated rings. The molecule has 128 valence electrons. The van der Waals surface area contributed by atoms with Gasteiger partial charge in [-0.25, -0.2) is 0 Å². The fourth-order valence-electron chi connectivity index (χ4n) is 3.08. The van der Waals surface area contributed by atoms with Crippen molar-refractivity contribution >= 4 is 0 Å². The molecule has 0 amide bonds. The largest absolute Gasteiger partial charge is 0.328 e. The van der Waals surface area contributed by atoms with Crippen LogP contribution >= 0.6 is 0 Å². The lowest BCUT2D eigenvalue weighted by Crippen LogP contribution is -2.41. The zero-order valence-electron chi connectivity index (χ0n) is 15.8. The first kappa shape index (κ1) is 21.0. The van der Waals surface area contributed by atoms with Crippen LogP contribution in [0, 0.1) is 0 Å². The predicted octanol–water partition coefficient (Wildman–Crippen LogP) is 6.56. The zero-order valence-corrected chi connectivity index (χ0v) is 15.8. The second kappa shape index (κ2) is 14.9. The lowest BCUT2D eigenvalue weighted by Gasteiger charge is -2.29. The first-order valence-electron chi connectivity index (χ1n) is 9.94. The highest BCUT2D eigenvalue weighted by atomic mass is 15.3. The first-order chi connectivity index (χ1) is 10.1. The molecule has 0 aromatic heterocycles. The van der Waals surface area contributed by atoms with Crippen molar-refractivity contribution in [2.75, 3.05) is 27.2 Å². The summed E-state index contributed by atoms with van der Waals surface area (Å²) in [6.07, 6.45) is 20.2. The van der Waals surface area contributed by atoms with Gasteiger partial charge in [-0.1, -0.05) is 84.5 Å². The number of hydrogen-bond donors (Lipinski definition) is 0. The predicted molar refractivity (Wildman–Crippen MR) is 97.8 cm³/mol. The third-order valence-corrected chi connectivity index (χ3v) is 4.73. The molecule has 0 saturated heterocycles. The van der Waals surface area contributed by atoms with Gasteiger partial charge in [0.1, 0.15) is 0 Å². The first-order valence-corrected chi connectivity index (χ1v) is 9.94. The summed E-state index contributed by atoms with van der Waals surface area (Å²) in [7, 11) is 4.79. The van der Waals surface area contributed by atoms with Gasteiger partial charge in [0.15, 0.2) is 0 Å². The quantitative estimate of drug-likeness (QED) is 0.223. The Hall–Kier alpha value is -0.0400. The van der Waals surface area contributed by atoms with E-state index in [-0.39, 0.29) is 0 Å². The van der Waals surface area contributed by atoms with Crippen molar-refractivity contribution in [3.63, 3.8) is 0 Å². The van der Waals surface area contributed by atoms with Crippen molar-refractivity contribution in [2.45, 2.75) is 104 Å². The average Bonchev–Trinajstić information content (AvgIpc) is 2.46. The highest BCUT2D eigenvalue weighted by Gasteiger charge is 2.12. The third-order valence-electron chi connectivity index (χ3n) is 4.73. The summed E-state index contributed by atoms with van der Waals surface area (Å²) in [6.45, 7) is 7.32. The smallest absolute Gasteiger partial charge is 0.0782 e. The van der Waals surface area contributed by atoms with Crippen LogP contribution in [-0.4, -0.2) is 31.7 Å². The molecule has 0 unspecified atom stereocenters. The van der Waals surface area contributed by atoms with Gasteiger partial charge in [0, 0.05) is 0 Å². The van der Waals surface area contributed by atoms with Crippen molar-refractivity contribution in [1.82, 2.24) is 0 Å². The Kier molecular flexibility index (Phi) is 14.9. The molecule has 0 aliphatic rings. The van der Waals surface area contributed by atoms with E-state index >= 15 is 0 Å². The van der Waals surface area contributed by atoms with Gasteiger partial charge in [-0.15, -0.1) is 0 Å². The van der Waals surface area contributed by atoms with Gasteiger partial charge < -0.3 is 4.48 Å². The summed E-state index contributed by atoms with van der Waals surface area (Å²) in [6, 6.07) is 0. The van der Waals surface area contributed by atoms with E-state index in [0.717, 1.165) is 0 Å². The molecule has 0 aromatic rings. The van der Waals surface area contributed by atoms with Crippen LogP contribution in [-0.2, 0) is 0 Å². The molecule has 0 aliphatic carbocycles. The summed E-state index contributed by atoms with van der Waals surface area (Å²) in [5.41, 5.74) is 0. The van der Waals surface area contributed by atoms with Gasteiger partial charge >= 0.3 is 0 Å². The SMILES string of the molecule is CCCCCCCCCCCCCC[N+](C)(C)CCCC. The molecule has 21 heavy (non-hydrogen) atoms. The Morgan fingerprint density at radius 3 is 1.19 bits per heavy atom. The van der Waals surface area contributed by atoms with Crippen LogP contribution in [0.4, 0.5) is 0 Å². The molecule has 1 heteroatoms. The van der Waals surface area contributed by atoms with E-state index in [1.807, 2.05) is 0 Å². The van der Waals surface area contributed by atoms with Crippen LogP contribution in [0.15, 0.2) is 0 Å². The van der Waals surface area contributed by atoms with E-state index in [1.54, 1.807) is 0 Å². The van der Waals surface area contributed by atoms with Gasteiger partial charge in [-0.2, -0.15) is 0 Å². The highest BCUT2D eigenvalue weighted by molar-refractivity contribution is 4.48. The standard InChI is InChI=1S/C20H44N/c1-5-7-9-10-11-12-13-14-15-16-17-18-20-21(3,4)19-8-6-2/h5-20H2,1-4H3/q+1. The van der Waals surface area contributed by atoms with E-state index in [0.29, 0.717) is 0 Å². The molecule has 0 spiro atoms.